The first-order valence-electron chi connectivity index (χ1n) is 5.92. The van der Waals surface area contributed by atoms with E-state index in [-0.39, 0.29) is 0 Å². The van der Waals surface area contributed by atoms with Crippen LogP contribution in [0.4, 0.5) is 5.69 Å². The predicted molar refractivity (Wildman–Crippen MR) is 68.4 cm³/mol. The average molecular weight is 237 g/mol. The molecule has 0 amide bonds. The zero-order valence-corrected chi connectivity index (χ0v) is 10.3. The Morgan fingerprint density at radius 2 is 2.06 bits per heavy atom. The Kier molecular flexibility index (Phi) is 2.37. The molecule has 0 unspecified atom stereocenters. The van der Waals surface area contributed by atoms with Crippen LogP contribution in [0, 0.1) is 0 Å². The fourth-order valence-electron chi connectivity index (χ4n) is 2.96. The first-order valence-corrected chi connectivity index (χ1v) is 6.30. The van der Waals surface area contributed by atoms with Gasteiger partial charge >= 0.3 is 0 Å². The Bertz CT molecular complexity index is 408. The molecule has 2 nitrogen and oxygen atoms in total. The Hall–Kier alpha value is -0.730. The molecule has 0 atom stereocenters. The molecule has 1 aromatic carbocycles. The molecule has 0 saturated carbocycles. The van der Waals surface area contributed by atoms with E-state index < -0.39 is 0 Å². The fraction of sp³-hybridized carbons (Fsp3) is 0.538. The lowest BCUT2D eigenvalue weighted by Gasteiger charge is -2.37. The molecule has 2 heterocycles. The fourth-order valence-corrected chi connectivity index (χ4v) is 3.13. The molecular weight excluding hydrogens is 220 g/mol. The van der Waals surface area contributed by atoms with Crippen molar-refractivity contribution in [2.45, 2.75) is 18.3 Å². The highest BCUT2D eigenvalue weighted by Gasteiger charge is 2.40. The molecule has 1 N–H and O–H groups in total. The third kappa shape index (κ3) is 1.52. The molecular formula is C13H17ClN2. The van der Waals surface area contributed by atoms with Crippen molar-refractivity contribution in [3.8, 4) is 0 Å². The maximum atomic E-state index is 6.12. The number of anilines is 1. The van der Waals surface area contributed by atoms with Gasteiger partial charge in [-0.1, -0.05) is 11.6 Å². The normalized spacial score (nSPS) is 23.1. The van der Waals surface area contributed by atoms with Crippen LogP contribution in [0.1, 0.15) is 18.4 Å². The molecule has 1 saturated heterocycles. The van der Waals surface area contributed by atoms with Gasteiger partial charge in [-0.25, -0.2) is 0 Å². The van der Waals surface area contributed by atoms with Gasteiger partial charge in [-0.3, -0.25) is 0 Å². The molecule has 1 spiro atoms. The quantitative estimate of drug-likeness (QED) is 0.745. The van der Waals surface area contributed by atoms with Gasteiger partial charge in [-0.2, -0.15) is 0 Å². The van der Waals surface area contributed by atoms with Crippen LogP contribution in [-0.2, 0) is 5.41 Å². The van der Waals surface area contributed by atoms with Crippen molar-refractivity contribution in [2.75, 3.05) is 32.0 Å². The minimum Gasteiger partial charge on any atom is -0.384 e. The van der Waals surface area contributed by atoms with Gasteiger partial charge in [0.2, 0.25) is 0 Å². The number of benzene rings is 1. The van der Waals surface area contributed by atoms with Crippen LogP contribution in [0.25, 0.3) is 0 Å². The summed E-state index contributed by atoms with van der Waals surface area (Å²) < 4.78 is 0. The van der Waals surface area contributed by atoms with E-state index in [1.54, 1.807) is 0 Å². The second-order valence-electron chi connectivity index (χ2n) is 5.13. The van der Waals surface area contributed by atoms with Crippen LogP contribution in [-0.4, -0.2) is 31.6 Å². The molecule has 3 heteroatoms. The molecule has 1 aromatic rings. The van der Waals surface area contributed by atoms with E-state index in [1.165, 1.54) is 37.2 Å². The largest absolute Gasteiger partial charge is 0.384 e. The molecule has 2 aliphatic heterocycles. The Balaban J connectivity index is 1.98. The third-order valence-corrected chi connectivity index (χ3v) is 4.35. The summed E-state index contributed by atoms with van der Waals surface area (Å²) in [5, 5.41) is 4.39. The van der Waals surface area contributed by atoms with E-state index >= 15 is 0 Å². The zero-order chi connectivity index (χ0) is 11.2. The number of hydrogen-bond donors (Lipinski definition) is 1. The molecule has 3 rings (SSSR count). The number of piperidine rings is 1. The first kappa shape index (κ1) is 10.4. The predicted octanol–water partition coefficient (Wildman–Crippen LogP) is 2.73. The highest BCUT2D eigenvalue weighted by atomic mass is 35.5. The lowest BCUT2D eigenvalue weighted by atomic mass is 9.74. The van der Waals surface area contributed by atoms with E-state index in [0.29, 0.717) is 5.41 Å². The summed E-state index contributed by atoms with van der Waals surface area (Å²) in [6, 6.07) is 6.24. The van der Waals surface area contributed by atoms with Crippen LogP contribution in [0.5, 0.6) is 0 Å². The van der Waals surface area contributed by atoms with Gasteiger partial charge in [0, 0.05) is 22.7 Å². The van der Waals surface area contributed by atoms with Gasteiger partial charge in [0.15, 0.2) is 0 Å². The van der Waals surface area contributed by atoms with Crippen molar-refractivity contribution in [1.82, 2.24) is 4.90 Å². The Labute approximate surface area is 102 Å². The molecule has 0 aliphatic carbocycles. The van der Waals surface area contributed by atoms with Crippen LogP contribution < -0.4 is 5.32 Å². The van der Waals surface area contributed by atoms with Crippen molar-refractivity contribution < 1.29 is 0 Å². The minimum atomic E-state index is 0.340. The minimum absolute atomic E-state index is 0.340. The number of rotatable bonds is 0. The second kappa shape index (κ2) is 3.64. The third-order valence-electron chi connectivity index (χ3n) is 4.11. The number of nitrogens with zero attached hydrogens (tertiary/aromatic N) is 1. The Morgan fingerprint density at radius 3 is 2.81 bits per heavy atom. The molecule has 0 bridgehead atoms. The number of nitrogens with one attached hydrogen (secondary N) is 1. The molecule has 0 radical (unpaired) electrons. The second-order valence-corrected chi connectivity index (χ2v) is 5.56. The molecule has 2 aliphatic rings. The van der Waals surface area contributed by atoms with Crippen LogP contribution in [0.3, 0.4) is 0 Å². The lowest BCUT2D eigenvalue weighted by molar-refractivity contribution is 0.200. The summed E-state index contributed by atoms with van der Waals surface area (Å²) in [6.07, 6.45) is 2.48. The van der Waals surface area contributed by atoms with Crippen LogP contribution in [0.15, 0.2) is 18.2 Å². The van der Waals surface area contributed by atoms with Gasteiger partial charge in [0.05, 0.1) is 0 Å². The van der Waals surface area contributed by atoms with E-state index in [2.05, 4.69) is 29.4 Å². The summed E-state index contributed by atoms with van der Waals surface area (Å²) in [6.45, 7) is 3.46. The van der Waals surface area contributed by atoms with Gasteiger partial charge in [-0.05, 0) is 56.7 Å². The smallest absolute Gasteiger partial charge is 0.0410 e. The summed E-state index contributed by atoms with van der Waals surface area (Å²) in [4.78, 5) is 2.41. The maximum Gasteiger partial charge on any atom is 0.0410 e. The lowest BCUT2D eigenvalue weighted by Crippen LogP contribution is -2.42. The van der Waals surface area contributed by atoms with Crippen molar-refractivity contribution in [3.63, 3.8) is 0 Å². The van der Waals surface area contributed by atoms with Crippen molar-refractivity contribution in [1.29, 1.82) is 0 Å². The number of fused-ring (bicyclic) bond motifs is 2. The van der Waals surface area contributed by atoms with Crippen LogP contribution >= 0.6 is 11.6 Å². The summed E-state index contributed by atoms with van der Waals surface area (Å²) in [5.41, 5.74) is 3.06. The van der Waals surface area contributed by atoms with Gasteiger partial charge in [0.25, 0.3) is 0 Å². The van der Waals surface area contributed by atoms with Gasteiger partial charge in [-0.15, -0.1) is 0 Å². The van der Waals surface area contributed by atoms with E-state index in [1.807, 2.05) is 6.07 Å². The number of halogens is 1. The monoisotopic (exact) mass is 236 g/mol. The molecule has 1 fully saturated rings. The van der Waals surface area contributed by atoms with E-state index in [0.717, 1.165) is 11.6 Å². The van der Waals surface area contributed by atoms with E-state index in [4.69, 9.17) is 11.6 Å². The maximum absolute atomic E-state index is 6.12. The Morgan fingerprint density at radius 1 is 1.31 bits per heavy atom. The molecule has 16 heavy (non-hydrogen) atoms. The first-order chi connectivity index (χ1) is 7.70. The van der Waals surface area contributed by atoms with Crippen molar-refractivity contribution in [3.05, 3.63) is 28.8 Å². The summed E-state index contributed by atoms with van der Waals surface area (Å²) in [7, 11) is 2.20. The molecule has 86 valence electrons. The summed E-state index contributed by atoms with van der Waals surface area (Å²) in [5.74, 6) is 0. The summed E-state index contributed by atoms with van der Waals surface area (Å²) >= 11 is 6.12. The van der Waals surface area contributed by atoms with Crippen molar-refractivity contribution in [2.24, 2.45) is 0 Å². The average Bonchev–Trinajstić information content (AvgIpc) is 2.62. The van der Waals surface area contributed by atoms with Gasteiger partial charge < -0.3 is 10.2 Å². The zero-order valence-electron chi connectivity index (χ0n) is 9.59. The van der Waals surface area contributed by atoms with Gasteiger partial charge in [0.1, 0.15) is 0 Å². The topological polar surface area (TPSA) is 15.3 Å². The van der Waals surface area contributed by atoms with Crippen molar-refractivity contribution >= 4 is 17.3 Å². The van der Waals surface area contributed by atoms with E-state index in [9.17, 15) is 0 Å². The highest BCUT2D eigenvalue weighted by molar-refractivity contribution is 6.30. The SMILES string of the molecule is CN1CCC2(CC1)CNc1ccc(Cl)cc12. The molecule has 0 aromatic heterocycles. The van der Waals surface area contributed by atoms with Crippen LogP contribution in [0.2, 0.25) is 5.02 Å². The standard InChI is InChI=1S/C13H17ClN2/c1-16-6-4-13(5-7-16)9-15-12-3-2-10(14)8-11(12)13/h2-3,8,15H,4-7,9H2,1H3. The number of hydrogen-bond acceptors (Lipinski definition) is 2. The number of likely N-dealkylation sites (tertiary alicyclic amines) is 1. The highest BCUT2D eigenvalue weighted by Crippen LogP contribution is 2.44.